The van der Waals surface area contributed by atoms with Crippen molar-refractivity contribution in [1.82, 2.24) is 10.3 Å². The SMILES string of the molecule is CS(=O)(=O)O.N=C(N)c1cccc(C2=NNC(=O)C3CSCCN23)c1. The molecule has 1 amide bonds. The summed E-state index contributed by atoms with van der Waals surface area (Å²) >= 11 is 1.78. The van der Waals surface area contributed by atoms with E-state index in [1.54, 1.807) is 17.8 Å². The van der Waals surface area contributed by atoms with E-state index in [2.05, 4.69) is 10.5 Å². The summed E-state index contributed by atoms with van der Waals surface area (Å²) in [6, 6.07) is 7.22. The Bertz CT molecular complexity index is 801. The van der Waals surface area contributed by atoms with Crippen molar-refractivity contribution in [1.29, 1.82) is 5.41 Å². The molecule has 0 bridgehead atoms. The third-order valence-corrected chi connectivity index (χ3v) is 4.43. The van der Waals surface area contributed by atoms with E-state index < -0.39 is 10.1 Å². The molecule has 1 unspecified atom stereocenters. The number of hydrazone groups is 1. The van der Waals surface area contributed by atoms with Crippen molar-refractivity contribution >= 4 is 39.5 Å². The minimum absolute atomic E-state index is 0.0260. The minimum atomic E-state index is -3.67. The van der Waals surface area contributed by atoms with Crippen molar-refractivity contribution in [2.45, 2.75) is 6.04 Å². The van der Waals surface area contributed by atoms with Gasteiger partial charge in [-0.1, -0.05) is 18.2 Å². The first-order valence-electron chi connectivity index (χ1n) is 7.26. The molecule has 9 nitrogen and oxygen atoms in total. The quantitative estimate of drug-likeness (QED) is 0.310. The van der Waals surface area contributed by atoms with E-state index in [-0.39, 0.29) is 17.8 Å². The Hall–Kier alpha value is -2.11. The van der Waals surface area contributed by atoms with Crippen molar-refractivity contribution in [3.8, 4) is 0 Å². The Kier molecular flexibility index (Phi) is 6.03. The number of thioether (sulfide) groups is 1. The number of fused-ring (bicyclic) bond motifs is 1. The van der Waals surface area contributed by atoms with E-state index in [0.717, 1.165) is 29.4 Å². The summed E-state index contributed by atoms with van der Waals surface area (Å²) in [6.07, 6.45) is 0.715. The summed E-state index contributed by atoms with van der Waals surface area (Å²) in [7, 11) is -3.67. The molecule has 0 aliphatic carbocycles. The maximum absolute atomic E-state index is 11.9. The number of rotatable bonds is 2. The molecule has 3 rings (SSSR count). The molecule has 1 aromatic rings. The molecule has 0 radical (unpaired) electrons. The molecule has 136 valence electrons. The molecule has 2 heterocycles. The topological polar surface area (TPSA) is 149 Å². The van der Waals surface area contributed by atoms with Crippen LogP contribution >= 0.6 is 11.8 Å². The van der Waals surface area contributed by atoms with Crippen LogP contribution in [0.2, 0.25) is 0 Å². The number of nitrogens with zero attached hydrogens (tertiary/aromatic N) is 2. The number of hydrogen-bond acceptors (Lipinski definition) is 7. The summed E-state index contributed by atoms with van der Waals surface area (Å²) in [5.74, 6) is 2.48. The van der Waals surface area contributed by atoms with Crippen LogP contribution in [0.1, 0.15) is 11.1 Å². The van der Waals surface area contributed by atoms with Gasteiger partial charge in [-0.15, -0.1) is 0 Å². The summed E-state index contributed by atoms with van der Waals surface area (Å²) in [6.45, 7) is 0.798. The number of carbonyl (C=O) groups excluding carboxylic acids is 1. The molecule has 0 spiro atoms. The van der Waals surface area contributed by atoms with E-state index in [1.807, 2.05) is 23.1 Å². The second-order valence-electron chi connectivity index (χ2n) is 5.42. The van der Waals surface area contributed by atoms with Gasteiger partial charge in [-0.25, -0.2) is 5.43 Å². The van der Waals surface area contributed by atoms with Gasteiger partial charge < -0.3 is 10.6 Å². The average molecular weight is 385 g/mol. The number of hydrogen-bond donors (Lipinski definition) is 4. The summed E-state index contributed by atoms with van der Waals surface area (Å²) in [5.41, 5.74) is 9.64. The summed E-state index contributed by atoms with van der Waals surface area (Å²) in [4.78, 5) is 13.9. The smallest absolute Gasteiger partial charge is 0.263 e. The van der Waals surface area contributed by atoms with Gasteiger partial charge in [0.25, 0.3) is 16.0 Å². The number of amides is 1. The molecule has 1 aromatic carbocycles. The van der Waals surface area contributed by atoms with Crippen LogP contribution in [-0.2, 0) is 14.9 Å². The first kappa shape index (κ1) is 19.2. The lowest BCUT2D eigenvalue weighted by molar-refractivity contribution is -0.125. The van der Waals surface area contributed by atoms with Gasteiger partial charge in [0.2, 0.25) is 0 Å². The number of carbonyl (C=O) groups is 1. The van der Waals surface area contributed by atoms with Crippen LogP contribution in [0.4, 0.5) is 0 Å². The molecule has 0 aromatic heterocycles. The third-order valence-electron chi connectivity index (χ3n) is 3.41. The van der Waals surface area contributed by atoms with Crippen LogP contribution in [-0.4, -0.2) is 65.8 Å². The molecule has 1 fully saturated rings. The van der Waals surface area contributed by atoms with Crippen molar-refractivity contribution < 1.29 is 17.8 Å². The Balaban J connectivity index is 0.000000399. The molecule has 0 saturated carbocycles. The lowest BCUT2D eigenvalue weighted by Gasteiger charge is -2.38. The molecule has 5 N–H and O–H groups in total. The largest absolute Gasteiger partial charge is 0.384 e. The van der Waals surface area contributed by atoms with E-state index in [4.69, 9.17) is 15.7 Å². The normalized spacial score (nSPS) is 19.8. The maximum atomic E-state index is 11.9. The molecule has 1 atom stereocenters. The Labute approximate surface area is 149 Å². The molecule has 11 heteroatoms. The van der Waals surface area contributed by atoms with Gasteiger partial charge in [-0.05, 0) is 6.07 Å². The monoisotopic (exact) mass is 385 g/mol. The van der Waals surface area contributed by atoms with Gasteiger partial charge >= 0.3 is 0 Å². The van der Waals surface area contributed by atoms with Crippen LogP contribution < -0.4 is 11.2 Å². The predicted octanol–water partition coefficient (Wildman–Crippen LogP) is -0.317. The zero-order chi connectivity index (χ0) is 18.6. The molecule has 2 aliphatic rings. The second kappa shape index (κ2) is 7.85. The van der Waals surface area contributed by atoms with E-state index >= 15 is 0 Å². The molecule has 2 aliphatic heterocycles. The number of nitrogens with two attached hydrogens (primary N) is 1. The highest BCUT2D eigenvalue weighted by Gasteiger charge is 2.35. The van der Waals surface area contributed by atoms with E-state index in [0.29, 0.717) is 11.8 Å². The first-order valence-corrected chi connectivity index (χ1v) is 10.3. The lowest BCUT2D eigenvalue weighted by atomic mass is 10.1. The molecular formula is C14H19N5O4S2. The van der Waals surface area contributed by atoms with Crippen molar-refractivity contribution in [2.24, 2.45) is 10.8 Å². The van der Waals surface area contributed by atoms with Crippen molar-refractivity contribution in [3.05, 3.63) is 35.4 Å². The highest BCUT2D eigenvalue weighted by molar-refractivity contribution is 7.99. The van der Waals surface area contributed by atoms with Gasteiger partial charge in [-0.3, -0.25) is 14.8 Å². The van der Waals surface area contributed by atoms with Gasteiger partial charge in [0, 0.05) is 29.2 Å². The summed E-state index contributed by atoms with van der Waals surface area (Å²) in [5, 5.41) is 11.7. The predicted molar refractivity (Wildman–Crippen MR) is 97.4 cm³/mol. The first-order chi connectivity index (χ1) is 11.7. The fourth-order valence-electron chi connectivity index (χ4n) is 2.38. The highest BCUT2D eigenvalue weighted by Crippen LogP contribution is 2.22. The van der Waals surface area contributed by atoms with Crippen molar-refractivity contribution in [3.63, 3.8) is 0 Å². The number of benzene rings is 1. The minimum Gasteiger partial charge on any atom is -0.384 e. The van der Waals surface area contributed by atoms with Gasteiger partial charge in [0.15, 0.2) is 5.84 Å². The van der Waals surface area contributed by atoms with Crippen LogP contribution in [0.15, 0.2) is 29.4 Å². The van der Waals surface area contributed by atoms with E-state index in [9.17, 15) is 13.2 Å². The van der Waals surface area contributed by atoms with Gasteiger partial charge in [-0.2, -0.15) is 25.3 Å². The summed E-state index contributed by atoms with van der Waals surface area (Å²) < 4.78 is 25.9. The second-order valence-corrected chi connectivity index (χ2v) is 8.04. The number of nitrogen functional groups attached to an aromatic ring is 1. The van der Waals surface area contributed by atoms with Gasteiger partial charge in [0.05, 0.1) is 6.26 Å². The fraction of sp³-hybridized carbons (Fsp3) is 0.357. The number of amidine groups is 2. The Morgan fingerprint density at radius 1 is 1.52 bits per heavy atom. The van der Waals surface area contributed by atoms with Crippen LogP contribution in [0.5, 0.6) is 0 Å². The van der Waals surface area contributed by atoms with Gasteiger partial charge in [0.1, 0.15) is 11.9 Å². The van der Waals surface area contributed by atoms with E-state index in [1.165, 1.54) is 0 Å². The van der Waals surface area contributed by atoms with Crippen molar-refractivity contribution in [2.75, 3.05) is 24.3 Å². The standard InChI is InChI=1S/C13H15N5OS.CH4O3S/c14-11(15)8-2-1-3-9(6-8)12-16-17-13(19)10-7-20-5-4-18(10)12;1-5(2,3)4/h1-3,6,10H,4-5,7H2,(H3,14,15)(H,17,19);1H3,(H,2,3,4). The fourth-order valence-corrected chi connectivity index (χ4v) is 3.42. The zero-order valence-electron chi connectivity index (χ0n) is 13.5. The van der Waals surface area contributed by atoms with Crippen LogP contribution in [0, 0.1) is 5.41 Å². The van der Waals surface area contributed by atoms with Crippen LogP contribution in [0.3, 0.4) is 0 Å². The lowest BCUT2D eigenvalue weighted by Crippen LogP contribution is -2.57. The number of nitrogens with one attached hydrogen (secondary N) is 2. The molecule has 1 saturated heterocycles. The third kappa shape index (κ3) is 5.44. The Morgan fingerprint density at radius 2 is 2.20 bits per heavy atom. The zero-order valence-corrected chi connectivity index (χ0v) is 15.1. The van der Waals surface area contributed by atoms with Crippen LogP contribution in [0.25, 0.3) is 0 Å². The highest BCUT2D eigenvalue weighted by atomic mass is 32.2. The maximum Gasteiger partial charge on any atom is 0.263 e. The molecule has 25 heavy (non-hydrogen) atoms. The molecular weight excluding hydrogens is 366 g/mol. The average Bonchev–Trinajstić information content (AvgIpc) is 2.54. The Morgan fingerprint density at radius 3 is 2.84 bits per heavy atom.